The number of hydrogen-bond acceptors (Lipinski definition) is 6. The van der Waals surface area contributed by atoms with Gasteiger partial charge in [-0.3, -0.25) is 9.69 Å². The first-order chi connectivity index (χ1) is 11.1. The molecule has 0 bridgehead atoms. The van der Waals surface area contributed by atoms with Crippen molar-refractivity contribution in [3.8, 4) is 0 Å². The van der Waals surface area contributed by atoms with Gasteiger partial charge in [0.15, 0.2) is 0 Å². The van der Waals surface area contributed by atoms with Crippen LogP contribution >= 0.6 is 11.3 Å². The van der Waals surface area contributed by atoms with Crippen LogP contribution in [0.1, 0.15) is 10.4 Å². The van der Waals surface area contributed by atoms with Crippen LogP contribution in [-0.4, -0.2) is 64.2 Å². The first-order valence-corrected chi connectivity index (χ1v) is 9.42. The Bertz CT molecular complexity index is 684. The van der Waals surface area contributed by atoms with E-state index in [-0.39, 0.29) is 22.9 Å². The molecule has 0 saturated carbocycles. The number of primary sulfonamides is 1. The van der Waals surface area contributed by atoms with Gasteiger partial charge in [-0.1, -0.05) is 0 Å². The zero-order chi connectivity index (χ0) is 18.0. The van der Waals surface area contributed by atoms with E-state index in [1.165, 1.54) is 10.3 Å². The van der Waals surface area contributed by atoms with Crippen LogP contribution in [0.4, 0.5) is 13.2 Å². The standard InChI is InChI=1S/C12H17F3N4O3S2/c13-12(14,15)9(19-3-1-17-2-4-19)6-18-11(20)8-5-10(23-7-8)24(16,21)22/h5,7,9,17H,1-4,6H2,(H,18,20)(H2,16,21,22). The summed E-state index contributed by atoms with van der Waals surface area (Å²) in [6.07, 6.45) is -4.48. The smallest absolute Gasteiger partial charge is 0.350 e. The highest BCUT2D eigenvalue weighted by molar-refractivity contribution is 7.91. The van der Waals surface area contributed by atoms with Crippen molar-refractivity contribution in [2.75, 3.05) is 32.7 Å². The Balaban J connectivity index is 2.03. The number of halogens is 3. The van der Waals surface area contributed by atoms with Crippen molar-refractivity contribution < 1.29 is 26.4 Å². The minimum Gasteiger partial charge on any atom is -0.350 e. The molecule has 1 amide bonds. The van der Waals surface area contributed by atoms with Crippen molar-refractivity contribution in [2.45, 2.75) is 16.4 Å². The predicted octanol–water partition coefficient (Wildman–Crippen LogP) is -0.0386. The molecule has 1 fully saturated rings. The molecule has 1 aromatic rings. The Hall–Kier alpha value is -1.21. The van der Waals surface area contributed by atoms with Gasteiger partial charge < -0.3 is 10.6 Å². The summed E-state index contributed by atoms with van der Waals surface area (Å²) in [4.78, 5) is 13.2. The van der Waals surface area contributed by atoms with Crippen LogP contribution in [-0.2, 0) is 10.0 Å². The maximum absolute atomic E-state index is 13.2. The van der Waals surface area contributed by atoms with Gasteiger partial charge in [-0.25, -0.2) is 13.6 Å². The Morgan fingerprint density at radius 3 is 2.54 bits per heavy atom. The molecule has 12 heteroatoms. The molecule has 2 rings (SSSR count). The number of rotatable bonds is 5. The second-order valence-corrected chi connectivity index (χ2v) is 7.95. The summed E-state index contributed by atoms with van der Waals surface area (Å²) in [6.45, 7) is 0.747. The zero-order valence-electron chi connectivity index (χ0n) is 12.5. The van der Waals surface area contributed by atoms with E-state index in [4.69, 9.17) is 5.14 Å². The van der Waals surface area contributed by atoms with Crippen molar-refractivity contribution in [3.05, 3.63) is 17.0 Å². The molecule has 0 aromatic carbocycles. The molecule has 24 heavy (non-hydrogen) atoms. The summed E-state index contributed by atoms with van der Waals surface area (Å²) >= 11 is 0.738. The van der Waals surface area contributed by atoms with Gasteiger partial charge in [-0.15, -0.1) is 11.3 Å². The Labute approximate surface area is 141 Å². The Morgan fingerprint density at radius 1 is 1.42 bits per heavy atom. The molecule has 7 nitrogen and oxygen atoms in total. The third-order valence-electron chi connectivity index (χ3n) is 3.54. The fourth-order valence-corrected chi connectivity index (χ4v) is 3.91. The average Bonchev–Trinajstić information content (AvgIpc) is 2.97. The van der Waals surface area contributed by atoms with Gasteiger partial charge in [0.05, 0.1) is 5.56 Å². The molecule has 1 atom stereocenters. The first kappa shape index (κ1) is 19.1. The molecule has 1 unspecified atom stereocenters. The molecule has 2 heterocycles. The van der Waals surface area contributed by atoms with Gasteiger partial charge in [0, 0.05) is 38.1 Å². The van der Waals surface area contributed by atoms with E-state index in [1.54, 1.807) is 0 Å². The van der Waals surface area contributed by atoms with Crippen molar-refractivity contribution >= 4 is 27.3 Å². The maximum atomic E-state index is 13.2. The second kappa shape index (κ2) is 7.35. The van der Waals surface area contributed by atoms with Gasteiger partial charge in [0.2, 0.25) is 10.0 Å². The predicted molar refractivity (Wildman–Crippen MR) is 82.3 cm³/mol. The summed E-state index contributed by atoms with van der Waals surface area (Å²) in [7, 11) is -3.94. The molecule has 0 radical (unpaired) electrons. The monoisotopic (exact) mass is 386 g/mol. The maximum Gasteiger partial charge on any atom is 0.405 e. The lowest BCUT2D eigenvalue weighted by atomic mass is 10.2. The van der Waals surface area contributed by atoms with Crippen LogP contribution < -0.4 is 15.8 Å². The van der Waals surface area contributed by atoms with Crippen molar-refractivity contribution in [1.82, 2.24) is 15.5 Å². The number of carbonyl (C=O) groups is 1. The Morgan fingerprint density at radius 2 is 2.04 bits per heavy atom. The molecule has 0 spiro atoms. The van der Waals surface area contributed by atoms with E-state index in [9.17, 15) is 26.4 Å². The summed E-state index contributed by atoms with van der Waals surface area (Å²) < 4.78 is 61.7. The number of piperazine rings is 1. The normalized spacial score (nSPS) is 18.3. The fourth-order valence-electron chi connectivity index (χ4n) is 2.32. The van der Waals surface area contributed by atoms with Crippen molar-refractivity contribution in [1.29, 1.82) is 0 Å². The molecule has 1 saturated heterocycles. The number of amides is 1. The van der Waals surface area contributed by atoms with Gasteiger partial charge in [0.1, 0.15) is 10.3 Å². The van der Waals surface area contributed by atoms with E-state index in [0.717, 1.165) is 17.4 Å². The molecule has 1 aliphatic rings. The lowest BCUT2D eigenvalue weighted by molar-refractivity contribution is -0.183. The van der Waals surface area contributed by atoms with Gasteiger partial charge >= 0.3 is 6.18 Å². The summed E-state index contributed by atoms with van der Waals surface area (Å²) in [6, 6.07) is -0.747. The molecule has 0 aliphatic carbocycles. The minimum atomic E-state index is -4.48. The van der Waals surface area contributed by atoms with Crippen LogP contribution in [0.15, 0.2) is 15.7 Å². The van der Waals surface area contributed by atoms with Gasteiger partial charge in [-0.2, -0.15) is 13.2 Å². The van der Waals surface area contributed by atoms with E-state index in [0.29, 0.717) is 13.1 Å². The van der Waals surface area contributed by atoms with E-state index in [1.807, 2.05) is 0 Å². The molecule has 4 N–H and O–H groups in total. The third kappa shape index (κ3) is 4.89. The lowest BCUT2D eigenvalue weighted by Gasteiger charge is -2.35. The highest BCUT2D eigenvalue weighted by Gasteiger charge is 2.43. The quantitative estimate of drug-likeness (QED) is 0.659. The number of hydrogen-bond donors (Lipinski definition) is 3. The number of nitrogens with one attached hydrogen (secondary N) is 2. The summed E-state index contributed by atoms with van der Waals surface area (Å²) in [5.41, 5.74) is -0.0368. The largest absolute Gasteiger partial charge is 0.405 e. The van der Waals surface area contributed by atoms with Crippen LogP contribution in [0.25, 0.3) is 0 Å². The van der Waals surface area contributed by atoms with Crippen LogP contribution in [0.3, 0.4) is 0 Å². The SMILES string of the molecule is NS(=O)(=O)c1cc(C(=O)NCC(N2CCNCC2)C(F)(F)F)cs1. The molecule has 1 aliphatic heterocycles. The molecule has 136 valence electrons. The molecular weight excluding hydrogens is 369 g/mol. The van der Waals surface area contributed by atoms with E-state index >= 15 is 0 Å². The highest BCUT2D eigenvalue weighted by Crippen LogP contribution is 2.25. The number of nitrogens with two attached hydrogens (primary N) is 1. The number of sulfonamides is 1. The Kier molecular flexibility index (Phi) is 5.86. The highest BCUT2D eigenvalue weighted by atomic mass is 32.2. The fraction of sp³-hybridized carbons (Fsp3) is 0.583. The number of carbonyl (C=O) groups excluding carboxylic acids is 1. The third-order valence-corrected chi connectivity index (χ3v) is 5.93. The van der Waals surface area contributed by atoms with Gasteiger partial charge in [-0.05, 0) is 6.07 Å². The van der Waals surface area contributed by atoms with Crippen molar-refractivity contribution in [3.63, 3.8) is 0 Å². The lowest BCUT2D eigenvalue weighted by Crippen LogP contribution is -2.57. The minimum absolute atomic E-state index is 0.0368. The number of thiophene rings is 1. The zero-order valence-corrected chi connectivity index (χ0v) is 14.1. The molecular formula is C12H17F3N4O3S2. The second-order valence-electron chi connectivity index (χ2n) is 5.25. The number of alkyl halides is 3. The first-order valence-electron chi connectivity index (χ1n) is 7.00. The van der Waals surface area contributed by atoms with Crippen LogP contribution in [0.5, 0.6) is 0 Å². The van der Waals surface area contributed by atoms with Crippen LogP contribution in [0.2, 0.25) is 0 Å². The average molecular weight is 386 g/mol. The van der Waals surface area contributed by atoms with Crippen molar-refractivity contribution in [2.24, 2.45) is 5.14 Å². The van der Waals surface area contributed by atoms with E-state index in [2.05, 4.69) is 10.6 Å². The van der Waals surface area contributed by atoms with Crippen LogP contribution in [0, 0.1) is 0 Å². The summed E-state index contributed by atoms with van der Waals surface area (Å²) in [5.74, 6) is -0.773. The summed E-state index contributed by atoms with van der Waals surface area (Å²) in [5, 5.41) is 11.4. The van der Waals surface area contributed by atoms with E-state index < -0.39 is 34.7 Å². The topological polar surface area (TPSA) is 105 Å². The number of nitrogens with zero attached hydrogens (tertiary/aromatic N) is 1. The molecule has 1 aromatic heterocycles. The van der Waals surface area contributed by atoms with Gasteiger partial charge in [0.25, 0.3) is 5.91 Å².